The fourth-order valence-corrected chi connectivity index (χ4v) is 3.04. The van der Waals surface area contributed by atoms with Crippen LogP contribution in [-0.4, -0.2) is 17.8 Å². The Balaban J connectivity index is 1.78. The Morgan fingerprint density at radius 2 is 1.56 bits per heavy atom. The number of ketones is 1. The maximum atomic E-state index is 12.4. The minimum Gasteiger partial charge on any atom is -0.497 e. The third-order valence-corrected chi connectivity index (χ3v) is 4.93. The van der Waals surface area contributed by atoms with E-state index in [0.29, 0.717) is 22.6 Å². The molecule has 0 fully saturated rings. The summed E-state index contributed by atoms with van der Waals surface area (Å²) in [6, 6.07) is 18.8. The quantitative estimate of drug-likeness (QED) is 0.182. The Hall–Kier alpha value is -3.93. The van der Waals surface area contributed by atoms with Gasteiger partial charge in [-0.2, -0.15) is 0 Å². The van der Waals surface area contributed by atoms with E-state index in [4.69, 9.17) is 9.47 Å². The molecule has 0 radical (unpaired) electrons. The smallest absolute Gasteiger partial charge is 0.312 e. The summed E-state index contributed by atoms with van der Waals surface area (Å²) in [6.07, 6.45) is 2.92. The van der Waals surface area contributed by atoms with Crippen LogP contribution in [0.15, 0.2) is 72.8 Å². The molecule has 3 aromatic carbocycles. The lowest BCUT2D eigenvalue weighted by Crippen LogP contribution is -2.10. The highest BCUT2D eigenvalue weighted by Gasteiger charge is 2.18. The molecule has 0 spiro atoms. The molecule has 164 valence electrons. The maximum absolute atomic E-state index is 12.4. The molecule has 32 heavy (non-hydrogen) atoms. The maximum Gasteiger partial charge on any atom is 0.312 e. The molecule has 0 aromatic heterocycles. The van der Waals surface area contributed by atoms with Crippen LogP contribution in [0.25, 0.3) is 6.08 Å². The normalized spacial score (nSPS) is 11.4. The number of rotatable bonds is 7. The van der Waals surface area contributed by atoms with Gasteiger partial charge in [0, 0.05) is 11.6 Å². The van der Waals surface area contributed by atoms with E-state index in [-0.39, 0.29) is 22.6 Å². The first-order valence-electron chi connectivity index (χ1n) is 10.1. The predicted molar refractivity (Wildman–Crippen MR) is 125 cm³/mol. The molecule has 0 heterocycles. The Morgan fingerprint density at radius 1 is 0.938 bits per heavy atom. The van der Waals surface area contributed by atoms with Crippen LogP contribution in [0.1, 0.15) is 42.3 Å². The zero-order valence-corrected chi connectivity index (χ0v) is 18.5. The monoisotopic (exact) mass is 431 g/mol. The minimum atomic E-state index is -0.499. The SMILES string of the molecule is COc1ccc(C(=O)C=Cc2ccc(Oc3ccc(C(C)(C)C)cc3)c([N+](=O)[O-])c2)cc1. The van der Waals surface area contributed by atoms with Gasteiger partial charge < -0.3 is 9.47 Å². The van der Waals surface area contributed by atoms with Crippen molar-refractivity contribution in [1.29, 1.82) is 0 Å². The molecule has 6 nitrogen and oxygen atoms in total. The average molecular weight is 431 g/mol. The van der Waals surface area contributed by atoms with E-state index in [9.17, 15) is 14.9 Å². The average Bonchev–Trinajstić information content (AvgIpc) is 2.77. The first-order valence-corrected chi connectivity index (χ1v) is 10.1. The van der Waals surface area contributed by atoms with E-state index >= 15 is 0 Å². The van der Waals surface area contributed by atoms with Crippen molar-refractivity contribution in [3.63, 3.8) is 0 Å². The standard InChI is InChI=1S/C26H25NO5/c1-26(2,3)20-9-13-22(14-10-20)32-25-16-6-18(17-23(25)27(29)30)5-15-24(28)19-7-11-21(31-4)12-8-19/h5-17H,1-4H3. The van der Waals surface area contributed by atoms with Crippen molar-refractivity contribution < 1.29 is 19.2 Å². The first-order chi connectivity index (χ1) is 15.2. The number of carbonyl (C=O) groups excluding carboxylic acids is 1. The molecule has 0 saturated heterocycles. The molecule has 0 saturated carbocycles. The van der Waals surface area contributed by atoms with E-state index in [1.807, 2.05) is 12.1 Å². The molecule has 0 aliphatic carbocycles. The van der Waals surface area contributed by atoms with Crippen molar-refractivity contribution >= 4 is 17.5 Å². The number of hydrogen-bond acceptors (Lipinski definition) is 5. The molecule has 0 aliphatic rings. The number of hydrogen-bond donors (Lipinski definition) is 0. The molecule has 0 N–H and O–H groups in total. The second-order valence-electron chi connectivity index (χ2n) is 8.29. The lowest BCUT2D eigenvalue weighted by Gasteiger charge is -2.19. The summed E-state index contributed by atoms with van der Waals surface area (Å²) in [7, 11) is 1.55. The molecule has 0 aliphatic heterocycles. The van der Waals surface area contributed by atoms with Gasteiger partial charge in [0.15, 0.2) is 5.78 Å². The molecular formula is C26H25NO5. The van der Waals surface area contributed by atoms with Crippen LogP contribution in [-0.2, 0) is 5.41 Å². The predicted octanol–water partition coefficient (Wildman–Crippen LogP) is 6.59. The summed E-state index contributed by atoms with van der Waals surface area (Å²) in [5.74, 6) is 1.09. The topological polar surface area (TPSA) is 78.7 Å². The summed E-state index contributed by atoms with van der Waals surface area (Å²) in [4.78, 5) is 23.5. The number of methoxy groups -OCH3 is 1. The highest BCUT2D eigenvalue weighted by molar-refractivity contribution is 6.06. The number of ether oxygens (including phenoxy) is 2. The van der Waals surface area contributed by atoms with Crippen molar-refractivity contribution in [3.05, 3.63) is 99.6 Å². The molecule has 0 unspecified atom stereocenters. The number of nitro benzene ring substituents is 1. The van der Waals surface area contributed by atoms with Gasteiger partial charge in [-0.25, -0.2) is 0 Å². The van der Waals surface area contributed by atoms with Crippen LogP contribution in [0.3, 0.4) is 0 Å². The third-order valence-electron chi connectivity index (χ3n) is 4.93. The Bertz CT molecular complexity index is 1140. The molecule has 0 atom stereocenters. The summed E-state index contributed by atoms with van der Waals surface area (Å²) in [5.41, 5.74) is 1.98. The second kappa shape index (κ2) is 9.47. The van der Waals surface area contributed by atoms with Gasteiger partial charge in [-0.3, -0.25) is 14.9 Å². The molecule has 0 bridgehead atoms. The largest absolute Gasteiger partial charge is 0.497 e. The van der Waals surface area contributed by atoms with Crippen molar-refractivity contribution in [2.75, 3.05) is 7.11 Å². The summed E-state index contributed by atoms with van der Waals surface area (Å²) in [6.45, 7) is 6.33. The lowest BCUT2D eigenvalue weighted by atomic mass is 9.87. The van der Waals surface area contributed by atoms with Gasteiger partial charge in [0.25, 0.3) is 0 Å². The van der Waals surface area contributed by atoms with Crippen LogP contribution >= 0.6 is 0 Å². The third kappa shape index (κ3) is 5.60. The molecule has 3 rings (SSSR count). The zero-order valence-electron chi connectivity index (χ0n) is 18.5. The number of allylic oxidation sites excluding steroid dienone is 1. The number of carbonyl (C=O) groups is 1. The minimum absolute atomic E-state index is 0.00175. The van der Waals surface area contributed by atoms with Gasteiger partial charge in [0.1, 0.15) is 11.5 Å². The van der Waals surface area contributed by atoms with Crippen molar-refractivity contribution in [2.45, 2.75) is 26.2 Å². The Morgan fingerprint density at radius 3 is 2.12 bits per heavy atom. The molecule has 3 aromatic rings. The molecule has 6 heteroatoms. The van der Waals surface area contributed by atoms with Crippen LogP contribution in [0, 0.1) is 10.1 Å². The summed E-state index contributed by atoms with van der Waals surface area (Å²) < 4.78 is 10.8. The Labute approximate surface area is 187 Å². The Kier molecular flexibility index (Phi) is 6.73. The van der Waals surface area contributed by atoms with E-state index in [2.05, 4.69) is 20.8 Å². The lowest BCUT2D eigenvalue weighted by molar-refractivity contribution is -0.385. The highest BCUT2D eigenvalue weighted by atomic mass is 16.6. The first kappa shape index (κ1) is 22.7. The number of benzene rings is 3. The fourth-order valence-electron chi connectivity index (χ4n) is 3.04. The molecular weight excluding hydrogens is 406 g/mol. The van der Waals surface area contributed by atoms with Crippen molar-refractivity contribution in [3.8, 4) is 17.2 Å². The summed E-state index contributed by atoms with van der Waals surface area (Å²) >= 11 is 0. The van der Waals surface area contributed by atoms with E-state index in [1.165, 1.54) is 18.2 Å². The van der Waals surface area contributed by atoms with Crippen molar-refractivity contribution in [2.24, 2.45) is 0 Å². The number of nitrogens with zero attached hydrogens (tertiary/aromatic N) is 1. The van der Waals surface area contributed by atoms with Gasteiger partial charge in [0.05, 0.1) is 12.0 Å². The van der Waals surface area contributed by atoms with Crippen LogP contribution in [0.2, 0.25) is 0 Å². The zero-order chi connectivity index (χ0) is 23.3. The van der Waals surface area contributed by atoms with Crippen molar-refractivity contribution in [1.82, 2.24) is 0 Å². The van der Waals surface area contributed by atoms with Crippen LogP contribution in [0.4, 0.5) is 5.69 Å². The van der Waals surface area contributed by atoms with Gasteiger partial charge in [-0.15, -0.1) is 0 Å². The highest BCUT2D eigenvalue weighted by Crippen LogP contribution is 2.33. The van der Waals surface area contributed by atoms with E-state index in [1.54, 1.807) is 55.7 Å². The van der Waals surface area contributed by atoms with E-state index in [0.717, 1.165) is 5.56 Å². The summed E-state index contributed by atoms with van der Waals surface area (Å²) in [5, 5.41) is 11.6. The van der Waals surface area contributed by atoms with Gasteiger partial charge >= 0.3 is 5.69 Å². The fraction of sp³-hybridized carbons (Fsp3) is 0.192. The van der Waals surface area contributed by atoms with E-state index < -0.39 is 4.92 Å². The van der Waals surface area contributed by atoms with Gasteiger partial charge in [-0.1, -0.05) is 45.0 Å². The molecule has 0 amide bonds. The number of nitro groups is 1. The second-order valence-corrected chi connectivity index (χ2v) is 8.29. The van der Waals surface area contributed by atoms with Gasteiger partial charge in [0.2, 0.25) is 5.75 Å². The van der Waals surface area contributed by atoms with Gasteiger partial charge in [-0.05, 0) is 65.1 Å². The van der Waals surface area contributed by atoms with Crippen LogP contribution in [0.5, 0.6) is 17.2 Å². The van der Waals surface area contributed by atoms with Crippen LogP contribution < -0.4 is 9.47 Å².